The maximum Gasteiger partial charge on any atom is 0.355 e. The summed E-state index contributed by atoms with van der Waals surface area (Å²) in [4.78, 5) is 53.5. The van der Waals surface area contributed by atoms with E-state index in [2.05, 4.69) is 20.1 Å². The summed E-state index contributed by atoms with van der Waals surface area (Å²) in [6, 6.07) is 23.5. The van der Waals surface area contributed by atoms with Gasteiger partial charge in [-0.25, -0.2) is 27.9 Å². The third-order valence-corrected chi connectivity index (χ3v) is 8.36. The van der Waals surface area contributed by atoms with Gasteiger partial charge in [-0.2, -0.15) is 0 Å². The number of hydrogen-bond donors (Lipinski definition) is 1. The second-order valence-electron chi connectivity index (χ2n) is 11.9. The molecule has 1 amide bonds. The number of hydrogen-bond acceptors (Lipinski definition) is 10. The molecule has 0 saturated carbocycles. The summed E-state index contributed by atoms with van der Waals surface area (Å²) >= 11 is 0. The Balaban J connectivity index is 1.51. The topological polar surface area (TPSA) is 146 Å². The van der Waals surface area contributed by atoms with Gasteiger partial charge in [0.25, 0.3) is 5.09 Å². The number of nitrogens with one attached hydrogen (secondary N) is 1. The SMILES string of the molecule is Cc1cc(C)nc(O[C@H](C(=O)Oc2ccc(CO[N+](=O)[O-])cc2)[C@@]2(c3ccccc3)NCC(=O)N(Cc3c(F)cc(F)cc3F)c3ccccc32)n1. The lowest BCUT2D eigenvalue weighted by Crippen LogP contribution is -2.59. The van der Waals surface area contributed by atoms with Crippen molar-refractivity contribution >= 4 is 17.6 Å². The minimum atomic E-state index is -1.75. The first-order valence-electron chi connectivity index (χ1n) is 15.9. The van der Waals surface area contributed by atoms with Crippen molar-refractivity contribution in [3.05, 3.63) is 158 Å². The molecule has 266 valence electrons. The van der Waals surface area contributed by atoms with Gasteiger partial charge in [0.15, 0.2) is 0 Å². The molecule has 0 saturated heterocycles. The Hall–Kier alpha value is -6.35. The lowest BCUT2D eigenvalue weighted by atomic mass is 9.77. The van der Waals surface area contributed by atoms with Gasteiger partial charge >= 0.3 is 12.0 Å². The van der Waals surface area contributed by atoms with Gasteiger partial charge in [-0.1, -0.05) is 60.7 Å². The van der Waals surface area contributed by atoms with Crippen molar-refractivity contribution < 1.29 is 42.2 Å². The first-order chi connectivity index (χ1) is 24.9. The number of aromatic nitrogens is 2. The van der Waals surface area contributed by atoms with E-state index >= 15 is 0 Å². The van der Waals surface area contributed by atoms with Gasteiger partial charge in [0, 0.05) is 40.3 Å². The van der Waals surface area contributed by atoms with E-state index in [1.807, 2.05) is 0 Å². The molecule has 2 heterocycles. The van der Waals surface area contributed by atoms with Crippen molar-refractivity contribution in [1.82, 2.24) is 15.3 Å². The van der Waals surface area contributed by atoms with Crippen LogP contribution >= 0.6 is 0 Å². The lowest BCUT2D eigenvalue weighted by Gasteiger charge is -2.40. The number of aryl methyl sites for hydroxylation is 2. The average Bonchev–Trinajstić information content (AvgIpc) is 3.22. The summed E-state index contributed by atoms with van der Waals surface area (Å²) in [5.41, 5.74) is 0.107. The minimum absolute atomic E-state index is 0.0508. The van der Waals surface area contributed by atoms with Crippen LogP contribution in [0.2, 0.25) is 0 Å². The second-order valence-corrected chi connectivity index (χ2v) is 11.9. The molecular weight excluding hydrogens is 683 g/mol. The Labute approximate surface area is 294 Å². The molecule has 4 aromatic carbocycles. The van der Waals surface area contributed by atoms with E-state index in [0.29, 0.717) is 34.6 Å². The number of fused-ring (bicyclic) bond motifs is 1. The predicted molar refractivity (Wildman–Crippen MR) is 179 cm³/mol. The summed E-state index contributed by atoms with van der Waals surface area (Å²) in [5, 5.41) is 12.9. The number of ether oxygens (including phenoxy) is 2. The lowest BCUT2D eigenvalue weighted by molar-refractivity contribution is -0.763. The largest absolute Gasteiger partial charge is 0.445 e. The Morgan fingerprint density at radius 3 is 2.23 bits per heavy atom. The molecule has 0 fully saturated rings. The van der Waals surface area contributed by atoms with Gasteiger partial charge in [0.05, 0.1) is 13.1 Å². The number of rotatable bonds is 11. The highest BCUT2D eigenvalue weighted by molar-refractivity contribution is 5.97. The van der Waals surface area contributed by atoms with Gasteiger partial charge in [0.2, 0.25) is 12.0 Å². The van der Waals surface area contributed by atoms with Crippen LogP contribution in [-0.4, -0.2) is 39.6 Å². The van der Waals surface area contributed by atoms with Crippen LogP contribution in [0.15, 0.2) is 97.1 Å². The van der Waals surface area contributed by atoms with E-state index in [4.69, 9.17) is 9.47 Å². The molecule has 15 heteroatoms. The van der Waals surface area contributed by atoms with Crippen LogP contribution in [0.1, 0.15) is 33.6 Å². The van der Waals surface area contributed by atoms with Crippen molar-refractivity contribution in [3.8, 4) is 11.8 Å². The predicted octanol–water partition coefficient (Wildman–Crippen LogP) is 5.65. The van der Waals surface area contributed by atoms with Crippen LogP contribution in [-0.2, 0) is 33.1 Å². The molecule has 0 unspecified atom stereocenters. The molecule has 0 spiro atoms. The van der Waals surface area contributed by atoms with E-state index < -0.39 is 64.7 Å². The molecule has 0 bridgehead atoms. The number of amides is 1. The minimum Gasteiger partial charge on any atom is -0.445 e. The van der Waals surface area contributed by atoms with E-state index in [9.17, 15) is 32.9 Å². The van der Waals surface area contributed by atoms with Crippen LogP contribution in [0.5, 0.6) is 11.8 Å². The zero-order valence-electron chi connectivity index (χ0n) is 27.7. The fraction of sp³-hybridized carbons (Fsp3) is 0.189. The number of carbonyl (C=O) groups is 2. The molecule has 1 N–H and O–H groups in total. The maximum absolute atomic E-state index is 15.0. The third kappa shape index (κ3) is 7.39. The van der Waals surface area contributed by atoms with Crippen molar-refractivity contribution in [2.75, 3.05) is 11.4 Å². The van der Waals surface area contributed by atoms with Gasteiger partial charge < -0.3 is 19.2 Å². The summed E-state index contributed by atoms with van der Waals surface area (Å²) in [6.07, 6.45) is -1.68. The zero-order chi connectivity index (χ0) is 37.0. The number of benzene rings is 4. The fourth-order valence-electron chi connectivity index (χ4n) is 6.10. The average molecular weight is 714 g/mol. The molecule has 0 aliphatic carbocycles. The number of para-hydroxylation sites is 1. The van der Waals surface area contributed by atoms with Crippen molar-refractivity contribution in [1.29, 1.82) is 0 Å². The highest BCUT2D eigenvalue weighted by Crippen LogP contribution is 2.43. The van der Waals surface area contributed by atoms with E-state index in [0.717, 1.165) is 4.90 Å². The molecule has 0 radical (unpaired) electrons. The van der Waals surface area contributed by atoms with Crippen molar-refractivity contribution in [2.45, 2.75) is 38.6 Å². The van der Waals surface area contributed by atoms with Crippen molar-refractivity contribution in [3.63, 3.8) is 0 Å². The van der Waals surface area contributed by atoms with E-state index in [-0.39, 0.29) is 29.6 Å². The number of halogens is 3. The summed E-state index contributed by atoms with van der Waals surface area (Å²) < 4.78 is 56.0. The van der Waals surface area contributed by atoms with Gasteiger partial charge in [-0.3, -0.25) is 10.1 Å². The Morgan fingerprint density at radius 2 is 1.58 bits per heavy atom. The molecule has 1 aliphatic heterocycles. The van der Waals surface area contributed by atoms with Crippen LogP contribution in [0, 0.1) is 41.4 Å². The fourth-order valence-corrected chi connectivity index (χ4v) is 6.10. The Morgan fingerprint density at radius 1 is 0.942 bits per heavy atom. The van der Waals surface area contributed by atoms with Gasteiger partial charge in [-0.15, -0.1) is 10.1 Å². The zero-order valence-corrected chi connectivity index (χ0v) is 27.7. The number of carbonyl (C=O) groups excluding carboxylic acids is 2. The number of nitrogens with zero attached hydrogens (tertiary/aromatic N) is 4. The number of anilines is 1. The summed E-state index contributed by atoms with van der Waals surface area (Å²) in [6.45, 7) is 2.03. The Bertz CT molecular complexity index is 2100. The van der Waals surface area contributed by atoms with Crippen LogP contribution in [0.4, 0.5) is 18.9 Å². The van der Waals surface area contributed by atoms with Crippen LogP contribution < -0.4 is 19.7 Å². The van der Waals surface area contributed by atoms with E-state index in [1.54, 1.807) is 74.5 Å². The molecule has 1 aliphatic rings. The molecule has 5 aromatic rings. The summed E-state index contributed by atoms with van der Waals surface area (Å²) in [5.74, 6) is -5.01. The van der Waals surface area contributed by atoms with Gasteiger partial charge in [0.1, 0.15) is 35.3 Å². The normalized spacial score (nSPS) is 16.0. The van der Waals surface area contributed by atoms with E-state index in [1.165, 1.54) is 24.3 Å². The third-order valence-electron chi connectivity index (χ3n) is 8.36. The van der Waals surface area contributed by atoms with Crippen LogP contribution in [0.25, 0.3) is 0 Å². The standard InChI is InChI=1S/C37H30F3N5O7/c1-22-16-23(2)43-36(42-22)52-34(35(47)51-27-14-12-24(13-15-27)21-50-45(48)49)37(25-8-4-3-5-9-25)29-10-6-7-11-32(29)44(33(46)19-41-37)20-28-30(39)17-26(38)18-31(28)40/h3-18,34,41H,19-21H2,1-2H3/t34-,37+/m1/s1. The number of esters is 1. The van der Waals surface area contributed by atoms with Crippen LogP contribution in [0.3, 0.4) is 0 Å². The molecular formula is C37H30F3N5O7. The molecule has 1 aromatic heterocycles. The highest BCUT2D eigenvalue weighted by Gasteiger charge is 2.53. The smallest absolute Gasteiger partial charge is 0.355 e. The molecule has 12 nitrogen and oxygen atoms in total. The monoisotopic (exact) mass is 713 g/mol. The molecule has 2 atom stereocenters. The highest BCUT2D eigenvalue weighted by atomic mass is 19.1. The molecule has 6 rings (SSSR count). The van der Waals surface area contributed by atoms with Crippen molar-refractivity contribution in [2.24, 2.45) is 0 Å². The summed E-state index contributed by atoms with van der Waals surface area (Å²) in [7, 11) is 0. The first-order valence-corrected chi connectivity index (χ1v) is 15.9. The maximum atomic E-state index is 15.0. The molecule has 52 heavy (non-hydrogen) atoms. The second kappa shape index (κ2) is 14.9. The first kappa shape index (κ1) is 35.5. The quantitative estimate of drug-likeness (QED) is 0.0789. The van der Waals surface area contributed by atoms with Gasteiger partial charge in [-0.05, 0) is 49.2 Å². The Kier molecular flexibility index (Phi) is 10.1.